The molecule has 0 saturated carbocycles. The summed E-state index contributed by atoms with van der Waals surface area (Å²) < 4.78 is 5.68. The molecule has 0 saturated heterocycles. The van der Waals surface area contributed by atoms with Crippen molar-refractivity contribution in [3.8, 4) is 5.75 Å². The number of rotatable bonds is 3. The maximum atomic E-state index is 13.4. The highest BCUT2D eigenvalue weighted by molar-refractivity contribution is 6.00. The van der Waals surface area contributed by atoms with Crippen molar-refractivity contribution in [1.29, 1.82) is 0 Å². The molecule has 2 aliphatic heterocycles. The van der Waals surface area contributed by atoms with E-state index in [0.29, 0.717) is 17.7 Å². The van der Waals surface area contributed by atoms with E-state index in [4.69, 9.17) is 10.5 Å². The number of hydrogen-bond donors (Lipinski definition) is 3. The molecule has 8 heteroatoms. The molecule has 0 unspecified atom stereocenters. The standard InChI is InChI=1S/C27H32N4O4/c1-15-11-20(31-22(32)13-26(2,3)30-25(31)28)19-12-16(9-10-17(15)19)24(33)29-23-18-7-5-6-8-21(18)35-14-27(23,4)34/h5-10,12,15,20,23,34H,11,13-14H2,1-4H3,(H2,28,30)(H,29,33)/t15-,20-,23-,27-/m1/s1. The van der Waals surface area contributed by atoms with E-state index in [2.05, 4.69) is 17.2 Å². The van der Waals surface area contributed by atoms with E-state index >= 15 is 0 Å². The Morgan fingerprint density at radius 3 is 2.66 bits per heavy atom. The van der Waals surface area contributed by atoms with Crippen LogP contribution in [0.4, 0.5) is 0 Å². The summed E-state index contributed by atoms with van der Waals surface area (Å²) in [6, 6.07) is 12.1. The van der Waals surface area contributed by atoms with Gasteiger partial charge in [-0.3, -0.25) is 14.5 Å². The number of para-hydroxylation sites is 1. The number of aliphatic imine (C=N–C) groups is 1. The predicted octanol–water partition coefficient (Wildman–Crippen LogP) is 3.18. The van der Waals surface area contributed by atoms with Crippen molar-refractivity contribution in [2.24, 2.45) is 10.7 Å². The second-order valence-corrected chi connectivity index (χ2v) is 10.8. The van der Waals surface area contributed by atoms with Crippen molar-refractivity contribution in [2.75, 3.05) is 6.61 Å². The molecule has 4 N–H and O–H groups in total. The van der Waals surface area contributed by atoms with Crippen LogP contribution in [0.2, 0.25) is 0 Å². The zero-order valence-corrected chi connectivity index (χ0v) is 20.5. The number of nitrogens with zero attached hydrogens (tertiary/aromatic N) is 2. The fraction of sp³-hybridized carbons (Fsp3) is 0.444. The van der Waals surface area contributed by atoms with E-state index in [1.54, 1.807) is 17.9 Å². The average molecular weight is 477 g/mol. The summed E-state index contributed by atoms with van der Waals surface area (Å²) >= 11 is 0. The second kappa shape index (κ2) is 8.09. The minimum Gasteiger partial charge on any atom is -0.490 e. The molecule has 3 aliphatic rings. The lowest BCUT2D eigenvalue weighted by Gasteiger charge is -2.38. The molecule has 8 nitrogen and oxygen atoms in total. The van der Waals surface area contributed by atoms with Gasteiger partial charge in [0.2, 0.25) is 5.91 Å². The Morgan fingerprint density at radius 1 is 1.17 bits per heavy atom. The van der Waals surface area contributed by atoms with Crippen molar-refractivity contribution in [1.82, 2.24) is 10.2 Å². The molecular weight excluding hydrogens is 444 g/mol. The van der Waals surface area contributed by atoms with Crippen LogP contribution in [0.25, 0.3) is 0 Å². The largest absolute Gasteiger partial charge is 0.490 e. The van der Waals surface area contributed by atoms with Crippen LogP contribution in [-0.4, -0.2) is 45.5 Å². The zero-order valence-electron chi connectivity index (χ0n) is 20.5. The molecular formula is C27H32N4O4. The van der Waals surface area contributed by atoms with E-state index in [9.17, 15) is 14.7 Å². The molecule has 0 aromatic heterocycles. The van der Waals surface area contributed by atoms with Crippen LogP contribution in [-0.2, 0) is 4.79 Å². The molecule has 2 aromatic carbocycles. The fourth-order valence-corrected chi connectivity index (χ4v) is 5.55. The molecule has 0 fully saturated rings. The SMILES string of the molecule is C[C@@H]1C[C@@H](N2C(=O)CC(C)(C)N=C2N)c2cc(C(=O)N[C@@H]3c4ccccc4OC[C@@]3(C)O)ccc21. The lowest BCUT2D eigenvalue weighted by molar-refractivity contribution is -0.131. The molecule has 0 spiro atoms. The summed E-state index contributed by atoms with van der Waals surface area (Å²) in [6.45, 7) is 7.63. The van der Waals surface area contributed by atoms with Crippen LogP contribution >= 0.6 is 0 Å². The molecule has 0 radical (unpaired) electrons. The quantitative estimate of drug-likeness (QED) is 0.629. The number of carbonyl (C=O) groups excluding carboxylic acids is 2. The number of amides is 2. The predicted molar refractivity (Wildman–Crippen MR) is 132 cm³/mol. The molecule has 1 aliphatic carbocycles. The highest BCUT2D eigenvalue weighted by Gasteiger charge is 2.43. The van der Waals surface area contributed by atoms with E-state index in [1.807, 2.05) is 50.2 Å². The van der Waals surface area contributed by atoms with E-state index in [1.165, 1.54) is 0 Å². The lowest BCUT2D eigenvalue weighted by atomic mass is 9.87. The smallest absolute Gasteiger partial charge is 0.251 e. The topological polar surface area (TPSA) is 117 Å². The Balaban J connectivity index is 1.46. The highest BCUT2D eigenvalue weighted by atomic mass is 16.5. The molecule has 184 valence electrons. The molecule has 2 amide bonds. The number of nitrogens with two attached hydrogens (primary N) is 1. The first-order valence-corrected chi connectivity index (χ1v) is 12.0. The van der Waals surface area contributed by atoms with Gasteiger partial charge in [-0.25, -0.2) is 4.99 Å². The first-order chi connectivity index (χ1) is 16.5. The summed E-state index contributed by atoms with van der Waals surface area (Å²) in [7, 11) is 0. The third-order valence-corrected chi connectivity index (χ3v) is 7.29. The first kappa shape index (κ1) is 23.4. The van der Waals surface area contributed by atoms with E-state index in [-0.39, 0.29) is 42.8 Å². The van der Waals surface area contributed by atoms with Gasteiger partial charge in [0.1, 0.15) is 18.0 Å². The summed E-state index contributed by atoms with van der Waals surface area (Å²) in [4.78, 5) is 32.6. The van der Waals surface area contributed by atoms with E-state index < -0.39 is 17.2 Å². The number of fused-ring (bicyclic) bond motifs is 2. The van der Waals surface area contributed by atoms with Gasteiger partial charge in [-0.2, -0.15) is 0 Å². The van der Waals surface area contributed by atoms with Crippen molar-refractivity contribution in [3.63, 3.8) is 0 Å². The van der Waals surface area contributed by atoms with Gasteiger partial charge in [-0.05, 0) is 62.4 Å². The van der Waals surface area contributed by atoms with Crippen LogP contribution in [0, 0.1) is 0 Å². The monoisotopic (exact) mass is 476 g/mol. The van der Waals surface area contributed by atoms with Crippen LogP contribution in [0.5, 0.6) is 5.75 Å². The van der Waals surface area contributed by atoms with Gasteiger partial charge in [0.25, 0.3) is 5.91 Å². The van der Waals surface area contributed by atoms with E-state index in [0.717, 1.165) is 16.7 Å². The average Bonchev–Trinajstić information content (AvgIpc) is 3.09. The highest BCUT2D eigenvalue weighted by Crippen LogP contribution is 2.45. The van der Waals surface area contributed by atoms with Crippen LogP contribution in [0.1, 0.15) is 85.6 Å². The molecule has 4 atom stereocenters. The van der Waals surface area contributed by atoms with Crippen molar-refractivity contribution in [3.05, 3.63) is 64.7 Å². The van der Waals surface area contributed by atoms with Crippen LogP contribution in [0.15, 0.2) is 47.5 Å². The Morgan fingerprint density at radius 2 is 1.91 bits per heavy atom. The van der Waals surface area contributed by atoms with Crippen LogP contribution in [0.3, 0.4) is 0 Å². The fourth-order valence-electron chi connectivity index (χ4n) is 5.55. The molecule has 0 bridgehead atoms. The number of hydrogen-bond acceptors (Lipinski definition) is 6. The summed E-state index contributed by atoms with van der Waals surface area (Å²) in [6.07, 6.45) is 0.997. The second-order valence-electron chi connectivity index (χ2n) is 10.8. The number of carbonyl (C=O) groups is 2. The normalized spacial score (nSPS) is 29.1. The van der Waals surface area contributed by atoms with Crippen molar-refractivity contribution in [2.45, 2.75) is 69.7 Å². The van der Waals surface area contributed by atoms with Gasteiger partial charge in [-0.15, -0.1) is 0 Å². The maximum Gasteiger partial charge on any atom is 0.251 e. The molecule has 35 heavy (non-hydrogen) atoms. The maximum absolute atomic E-state index is 13.4. The lowest BCUT2D eigenvalue weighted by Crippen LogP contribution is -2.51. The minimum absolute atomic E-state index is 0.0581. The van der Waals surface area contributed by atoms with Gasteiger partial charge in [0, 0.05) is 11.1 Å². The van der Waals surface area contributed by atoms with Gasteiger partial charge in [-0.1, -0.05) is 31.2 Å². The number of guanidine groups is 1. The molecule has 2 heterocycles. The van der Waals surface area contributed by atoms with Gasteiger partial charge in [0.15, 0.2) is 5.96 Å². The molecule has 2 aromatic rings. The third-order valence-electron chi connectivity index (χ3n) is 7.29. The minimum atomic E-state index is -1.27. The Bertz CT molecular complexity index is 1240. The van der Waals surface area contributed by atoms with Gasteiger partial charge < -0.3 is 20.9 Å². The number of benzene rings is 2. The summed E-state index contributed by atoms with van der Waals surface area (Å²) in [5.41, 5.74) is 7.67. The Labute approximate surface area is 205 Å². The first-order valence-electron chi connectivity index (χ1n) is 12.0. The van der Waals surface area contributed by atoms with Gasteiger partial charge >= 0.3 is 0 Å². The van der Waals surface area contributed by atoms with Crippen molar-refractivity contribution >= 4 is 17.8 Å². The van der Waals surface area contributed by atoms with Gasteiger partial charge in [0.05, 0.1) is 24.0 Å². The third kappa shape index (κ3) is 4.05. The summed E-state index contributed by atoms with van der Waals surface area (Å²) in [5, 5.41) is 14.0. The summed E-state index contributed by atoms with van der Waals surface area (Å²) in [5.74, 6) is 0.721. The Hall–Kier alpha value is -3.39. The van der Waals surface area contributed by atoms with Crippen LogP contribution < -0.4 is 15.8 Å². The molecule has 5 rings (SSSR count). The Kier molecular flexibility index (Phi) is 5.40. The number of ether oxygens (including phenoxy) is 1. The number of aliphatic hydroxyl groups is 1. The number of nitrogens with one attached hydrogen (secondary N) is 1. The van der Waals surface area contributed by atoms with Crippen molar-refractivity contribution < 1.29 is 19.4 Å². The zero-order chi connectivity index (χ0) is 25.1.